The summed E-state index contributed by atoms with van der Waals surface area (Å²) >= 11 is 0. The molecule has 0 radical (unpaired) electrons. The second kappa shape index (κ2) is 6.79. The molecule has 0 saturated carbocycles. The van der Waals surface area contributed by atoms with Crippen LogP contribution >= 0.6 is 0 Å². The van der Waals surface area contributed by atoms with Crippen LogP contribution in [0, 0.1) is 0 Å². The number of nitrogens with zero attached hydrogens (tertiary/aromatic N) is 2. The molecule has 2 aromatic carbocycles. The van der Waals surface area contributed by atoms with E-state index in [-0.39, 0.29) is 18.4 Å². The van der Waals surface area contributed by atoms with E-state index in [1.54, 1.807) is 12.3 Å². The van der Waals surface area contributed by atoms with Gasteiger partial charge in [0.05, 0.1) is 11.2 Å². The molecule has 5 nitrogen and oxygen atoms in total. The molecule has 7 heteroatoms. The first-order valence-corrected chi connectivity index (χ1v) is 9.83. The van der Waals surface area contributed by atoms with Gasteiger partial charge in [-0.15, -0.1) is 0 Å². The van der Waals surface area contributed by atoms with E-state index in [4.69, 9.17) is 0 Å². The standard InChI is InChI=1S/C23H20F2N4O/c1-14(29-10-7-23(24,25)8-11-29)15-2-5-19-20(13-15)27-28-21(19)17-3-4-18-16(12-17)6-9-26-22(18)30/h2-6,9,12-13H,1,7-8,10-11H2,(H,26,30)(H,27,28). The van der Waals surface area contributed by atoms with E-state index in [1.807, 2.05) is 41.3 Å². The van der Waals surface area contributed by atoms with Crippen molar-refractivity contribution in [2.75, 3.05) is 13.1 Å². The molecule has 0 atom stereocenters. The minimum atomic E-state index is -2.58. The second-order valence-electron chi connectivity index (χ2n) is 7.73. The predicted octanol–water partition coefficient (Wildman–Crippen LogP) is 4.77. The summed E-state index contributed by atoms with van der Waals surface area (Å²) in [6.45, 7) is 4.72. The molecule has 2 N–H and O–H groups in total. The number of H-pyrrole nitrogens is 2. The molecule has 3 heterocycles. The molecule has 0 unspecified atom stereocenters. The molecule has 0 amide bonds. The van der Waals surface area contributed by atoms with Crippen LogP contribution in [0.15, 0.2) is 60.0 Å². The normalized spacial score (nSPS) is 16.3. The van der Waals surface area contributed by atoms with Gasteiger partial charge in [-0.1, -0.05) is 18.7 Å². The Morgan fingerprint density at radius 2 is 1.83 bits per heavy atom. The van der Waals surface area contributed by atoms with Crippen LogP contribution in [-0.4, -0.2) is 39.1 Å². The van der Waals surface area contributed by atoms with Crippen molar-refractivity contribution in [1.82, 2.24) is 20.1 Å². The molecule has 1 aliphatic rings. The average molecular weight is 406 g/mol. The van der Waals surface area contributed by atoms with E-state index < -0.39 is 5.92 Å². The summed E-state index contributed by atoms with van der Waals surface area (Å²) in [4.78, 5) is 16.5. The third-order valence-electron chi connectivity index (χ3n) is 5.82. The van der Waals surface area contributed by atoms with Crippen LogP contribution in [0.5, 0.6) is 0 Å². The predicted molar refractivity (Wildman–Crippen MR) is 114 cm³/mol. The molecule has 1 saturated heterocycles. The van der Waals surface area contributed by atoms with Gasteiger partial charge in [-0.3, -0.25) is 9.89 Å². The lowest BCUT2D eigenvalue weighted by atomic mass is 10.0. The first-order chi connectivity index (χ1) is 14.4. The molecule has 0 bridgehead atoms. The lowest BCUT2D eigenvalue weighted by Gasteiger charge is -2.34. The van der Waals surface area contributed by atoms with Gasteiger partial charge in [0.2, 0.25) is 0 Å². The molecule has 152 valence electrons. The Morgan fingerprint density at radius 1 is 1.07 bits per heavy atom. The van der Waals surface area contributed by atoms with Gasteiger partial charge in [0.15, 0.2) is 0 Å². The van der Waals surface area contributed by atoms with E-state index in [1.165, 1.54) is 0 Å². The maximum Gasteiger partial charge on any atom is 0.255 e. The maximum atomic E-state index is 13.4. The molecule has 0 aliphatic carbocycles. The van der Waals surface area contributed by atoms with Gasteiger partial charge < -0.3 is 9.88 Å². The maximum absolute atomic E-state index is 13.4. The minimum absolute atomic E-state index is 0.121. The van der Waals surface area contributed by atoms with Crippen molar-refractivity contribution < 1.29 is 8.78 Å². The number of nitrogens with one attached hydrogen (secondary N) is 2. The molecular formula is C23H20F2N4O. The number of pyridine rings is 1. The molecule has 4 aromatic rings. The van der Waals surface area contributed by atoms with Gasteiger partial charge in [0.25, 0.3) is 11.5 Å². The Kier molecular flexibility index (Phi) is 4.20. The highest BCUT2D eigenvalue weighted by Crippen LogP contribution is 2.33. The number of hydrogen-bond acceptors (Lipinski definition) is 3. The van der Waals surface area contributed by atoms with Crippen molar-refractivity contribution in [1.29, 1.82) is 0 Å². The van der Waals surface area contributed by atoms with Crippen LogP contribution in [0.4, 0.5) is 8.78 Å². The van der Waals surface area contributed by atoms with Gasteiger partial charge in [-0.2, -0.15) is 5.10 Å². The Bertz CT molecular complexity index is 1330. The summed E-state index contributed by atoms with van der Waals surface area (Å²) in [5.74, 6) is -2.58. The third-order valence-corrected chi connectivity index (χ3v) is 5.82. The van der Waals surface area contributed by atoms with Crippen LogP contribution in [-0.2, 0) is 0 Å². The summed E-state index contributed by atoms with van der Waals surface area (Å²) in [6, 6.07) is 13.4. The number of likely N-dealkylation sites (tertiary alicyclic amines) is 1. The molecule has 1 aliphatic heterocycles. The Labute approximate surface area is 171 Å². The van der Waals surface area contributed by atoms with E-state index in [0.29, 0.717) is 18.5 Å². The van der Waals surface area contributed by atoms with Gasteiger partial charge >= 0.3 is 0 Å². The Morgan fingerprint density at radius 3 is 2.63 bits per heavy atom. The van der Waals surface area contributed by atoms with Crippen LogP contribution < -0.4 is 5.56 Å². The minimum Gasteiger partial charge on any atom is -0.371 e. The molecule has 0 spiro atoms. The summed E-state index contributed by atoms with van der Waals surface area (Å²) in [5, 5.41) is 9.96. The molecule has 5 rings (SSSR count). The fourth-order valence-corrected chi connectivity index (χ4v) is 4.05. The van der Waals surface area contributed by atoms with Crippen molar-refractivity contribution in [3.63, 3.8) is 0 Å². The van der Waals surface area contributed by atoms with Crippen LogP contribution in [0.2, 0.25) is 0 Å². The fraction of sp³-hybridized carbons (Fsp3) is 0.217. The topological polar surface area (TPSA) is 64.8 Å². The van der Waals surface area contributed by atoms with Crippen molar-refractivity contribution in [2.45, 2.75) is 18.8 Å². The zero-order valence-corrected chi connectivity index (χ0v) is 16.2. The Balaban J connectivity index is 1.47. The van der Waals surface area contributed by atoms with E-state index in [0.717, 1.165) is 38.8 Å². The monoisotopic (exact) mass is 406 g/mol. The van der Waals surface area contributed by atoms with Gasteiger partial charge in [-0.25, -0.2) is 8.78 Å². The van der Waals surface area contributed by atoms with Crippen molar-refractivity contribution in [3.05, 3.63) is 71.2 Å². The summed E-state index contributed by atoms with van der Waals surface area (Å²) in [5.41, 5.74) is 4.05. The number of alkyl halides is 2. The van der Waals surface area contributed by atoms with Crippen LogP contribution in [0.3, 0.4) is 0 Å². The number of aromatic amines is 2. The zero-order valence-electron chi connectivity index (χ0n) is 16.2. The van der Waals surface area contributed by atoms with Crippen LogP contribution in [0.25, 0.3) is 38.6 Å². The number of rotatable bonds is 3. The van der Waals surface area contributed by atoms with Crippen molar-refractivity contribution in [2.24, 2.45) is 0 Å². The highest BCUT2D eigenvalue weighted by atomic mass is 19.3. The fourth-order valence-electron chi connectivity index (χ4n) is 4.05. The number of fused-ring (bicyclic) bond motifs is 2. The third kappa shape index (κ3) is 3.16. The lowest BCUT2D eigenvalue weighted by Crippen LogP contribution is -2.38. The van der Waals surface area contributed by atoms with E-state index in [2.05, 4.69) is 21.8 Å². The lowest BCUT2D eigenvalue weighted by molar-refractivity contribution is -0.0450. The molecular weight excluding hydrogens is 386 g/mol. The number of halogens is 2. The molecule has 2 aromatic heterocycles. The quantitative estimate of drug-likeness (QED) is 0.515. The van der Waals surface area contributed by atoms with E-state index >= 15 is 0 Å². The van der Waals surface area contributed by atoms with Gasteiger partial charge in [-0.05, 0) is 41.3 Å². The van der Waals surface area contributed by atoms with Gasteiger partial charge in [0.1, 0.15) is 0 Å². The highest BCUT2D eigenvalue weighted by molar-refractivity contribution is 5.96. The van der Waals surface area contributed by atoms with Crippen LogP contribution in [0.1, 0.15) is 18.4 Å². The molecule has 30 heavy (non-hydrogen) atoms. The zero-order chi connectivity index (χ0) is 20.9. The first-order valence-electron chi connectivity index (χ1n) is 9.83. The van der Waals surface area contributed by atoms with Crippen molar-refractivity contribution in [3.8, 4) is 11.3 Å². The van der Waals surface area contributed by atoms with Gasteiger partial charge in [0, 0.05) is 54.2 Å². The summed E-state index contributed by atoms with van der Waals surface area (Å²) < 4.78 is 26.9. The first kappa shape index (κ1) is 18.5. The van der Waals surface area contributed by atoms with Crippen molar-refractivity contribution >= 4 is 27.4 Å². The smallest absolute Gasteiger partial charge is 0.255 e. The van der Waals surface area contributed by atoms with E-state index in [9.17, 15) is 13.6 Å². The number of piperidine rings is 1. The second-order valence-corrected chi connectivity index (χ2v) is 7.73. The number of aromatic nitrogens is 3. The number of benzene rings is 2. The number of hydrogen-bond donors (Lipinski definition) is 2. The SMILES string of the molecule is C=C(c1ccc2c(-c3ccc4c(=O)[nH]ccc4c3)n[nH]c2c1)N1CCC(F)(F)CC1. The highest BCUT2D eigenvalue weighted by Gasteiger charge is 2.34. The summed E-state index contributed by atoms with van der Waals surface area (Å²) in [7, 11) is 0. The average Bonchev–Trinajstić information content (AvgIpc) is 3.16. The Hall–Kier alpha value is -3.48. The largest absolute Gasteiger partial charge is 0.371 e. The molecule has 1 fully saturated rings. The summed E-state index contributed by atoms with van der Waals surface area (Å²) in [6.07, 6.45) is 1.34.